The largest absolute Gasteiger partial charge is 0.337 e. The van der Waals surface area contributed by atoms with Gasteiger partial charge in [0.25, 0.3) is 5.91 Å². The minimum absolute atomic E-state index is 0. The quantitative estimate of drug-likeness (QED) is 0.903. The molecule has 23 heavy (non-hydrogen) atoms. The number of aromatic nitrogens is 1. The number of carbonyl (C=O) groups is 1. The van der Waals surface area contributed by atoms with Gasteiger partial charge in [-0.15, -0.1) is 23.7 Å². The van der Waals surface area contributed by atoms with Crippen LogP contribution in [0.1, 0.15) is 47.6 Å². The van der Waals surface area contributed by atoms with Crippen molar-refractivity contribution in [2.75, 3.05) is 13.6 Å². The van der Waals surface area contributed by atoms with Gasteiger partial charge in [-0.3, -0.25) is 4.79 Å². The van der Waals surface area contributed by atoms with E-state index in [1.165, 1.54) is 32.1 Å². The molecule has 0 saturated heterocycles. The Labute approximate surface area is 148 Å². The second kappa shape index (κ2) is 6.69. The van der Waals surface area contributed by atoms with Crippen LogP contribution in [0.4, 0.5) is 0 Å². The molecule has 1 aromatic heterocycles. The normalized spacial score (nSPS) is 34.3. The van der Waals surface area contributed by atoms with Crippen molar-refractivity contribution in [3.05, 3.63) is 16.1 Å². The zero-order valence-electron chi connectivity index (χ0n) is 13.6. The average Bonchev–Trinajstić information content (AvgIpc) is 2.94. The van der Waals surface area contributed by atoms with Gasteiger partial charge in [-0.2, -0.15) is 0 Å². The van der Waals surface area contributed by atoms with Gasteiger partial charge in [-0.05, 0) is 62.3 Å². The van der Waals surface area contributed by atoms with Crippen molar-refractivity contribution < 1.29 is 4.79 Å². The highest BCUT2D eigenvalue weighted by molar-refractivity contribution is 7.09. The summed E-state index contributed by atoms with van der Waals surface area (Å²) in [5.74, 6) is 3.45. The zero-order chi connectivity index (χ0) is 15.3. The standard InChI is InChI=1S/C17H25N3OS.ClH/c1-20(17(21)14-9-22-15(19-14)2-3-18)16-12-5-10-4-11(7-12)8-13(16)6-10;/h9-13,16H,2-8,18H2,1H3;1H. The maximum Gasteiger partial charge on any atom is 0.273 e. The van der Waals surface area contributed by atoms with E-state index < -0.39 is 0 Å². The first-order chi connectivity index (χ1) is 10.7. The first-order valence-electron chi connectivity index (χ1n) is 8.57. The van der Waals surface area contributed by atoms with Crippen LogP contribution in [0.2, 0.25) is 0 Å². The van der Waals surface area contributed by atoms with Gasteiger partial charge in [0.05, 0.1) is 5.01 Å². The molecule has 0 aliphatic heterocycles. The second-order valence-corrected chi connectivity index (χ2v) is 8.45. The maximum atomic E-state index is 12.8. The van der Waals surface area contributed by atoms with E-state index in [0.717, 1.165) is 35.1 Å². The lowest BCUT2D eigenvalue weighted by molar-refractivity contribution is -0.0492. The molecule has 4 bridgehead atoms. The summed E-state index contributed by atoms with van der Waals surface area (Å²) in [6.07, 6.45) is 7.57. The fourth-order valence-electron chi connectivity index (χ4n) is 5.49. The lowest BCUT2D eigenvalue weighted by Gasteiger charge is -2.56. The van der Waals surface area contributed by atoms with E-state index in [2.05, 4.69) is 4.98 Å². The Balaban J connectivity index is 0.00000156. The summed E-state index contributed by atoms with van der Waals surface area (Å²) < 4.78 is 0. The maximum absolute atomic E-state index is 12.8. The summed E-state index contributed by atoms with van der Waals surface area (Å²) in [6, 6.07) is 0.444. The van der Waals surface area contributed by atoms with Gasteiger partial charge in [-0.1, -0.05) is 0 Å². The summed E-state index contributed by atoms with van der Waals surface area (Å²) >= 11 is 1.56. The highest BCUT2D eigenvalue weighted by Gasteiger charge is 2.50. The van der Waals surface area contributed by atoms with Crippen molar-refractivity contribution in [2.45, 2.75) is 44.6 Å². The van der Waals surface area contributed by atoms with E-state index in [0.29, 0.717) is 18.3 Å². The molecule has 0 radical (unpaired) electrons. The van der Waals surface area contributed by atoms with Gasteiger partial charge in [0.1, 0.15) is 5.69 Å². The molecule has 4 fully saturated rings. The third kappa shape index (κ3) is 3.03. The Hall–Kier alpha value is -0.650. The molecule has 0 unspecified atom stereocenters. The molecule has 4 saturated carbocycles. The topological polar surface area (TPSA) is 59.2 Å². The zero-order valence-corrected chi connectivity index (χ0v) is 15.2. The Bertz CT molecular complexity index is 548. The first-order valence-corrected chi connectivity index (χ1v) is 9.45. The Kier molecular flexibility index (Phi) is 5.00. The number of hydrogen-bond donors (Lipinski definition) is 1. The molecule has 4 nitrogen and oxygen atoms in total. The molecule has 4 aliphatic carbocycles. The number of hydrogen-bond acceptors (Lipinski definition) is 4. The number of halogens is 1. The van der Waals surface area contributed by atoms with Crippen LogP contribution >= 0.6 is 23.7 Å². The average molecular weight is 356 g/mol. The summed E-state index contributed by atoms with van der Waals surface area (Å²) in [5.41, 5.74) is 6.19. The Morgan fingerprint density at radius 3 is 2.43 bits per heavy atom. The van der Waals surface area contributed by atoms with Crippen molar-refractivity contribution >= 4 is 29.7 Å². The van der Waals surface area contributed by atoms with Crippen molar-refractivity contribution in [1.29, 1.82) is 0 Å². The van der Waals surface area contributed by atoms with Crippen molar-refractivity contribution in [3.63, 3.8) is 0 Å². The summed E-state index contributed by atoms with van der Waals surface area (Å²) in [6.45, 7) is 0.590. The third-order valence-electron chi connectivity index (χ3n) is 6.07. The number of rotatable bonds is 4. The number of carbonyl (C=O) groups excluding carboxylic acids is 1. The van der Waals surface area contributed by atoms with Crippen LogP contribution in [-0.2, 0) is 6.42 Å². The fourth-order valence-corrected chi connectivity index (χ4v) is 6.28. The molecule has 5 rings (SSSR count). The highest BCUT2D eigenvalue weighted by atomic mass is 35.5. The van der Waals surface area contributed by atoms with Gasteiger partial charge in [0.2, 0.25) is 0 Å². The number of amides is 1. The van der Waals surface area contributed by atoms with E-state index in [-0.39, 0.29) is 18.3 Å². The molecule has 1 aromatic rings. The van der Waals surface area contributed by atoms with E-state index in [1.807, 2.05) is 17.3 Å². The second-order valence-electron chi connectivity index (χ2n) is 7.50. The number of thiazole rings is 1. The molecular weight excluding hydrogens is 330 g/mol. The van der Waals surface area contributed by atoms with Crippen LogP contribution < -0.4 is 5.73 Å². The van der Waals surface area contributed by atoms with E-state index in [4.69, 9.17) is 5.73 Å². The summed E-state index contributed by atoms with van der Waals surface area (Å²) in [5, 5.41) is 2.88. The molecule has 0 atom stereocenters. The van der Waals surface area contributed by atoms with Gasteiger partial charge in [-0.25, -0.2) is 4.98 Å². The Morgan fingerprint density at radius 2 is 1.87 bits per heavy atom. The predicted molar refractivity (Wildman–Crippen MR) is 95.0 cm³/mol. The van der Waals surface area contributed by atoms with Crippen LogP contribution in [0.3, 0.4) is 0 Å². The third-order valence-corrected chi connectivity index (χ3v) is 6.98. The number of nitrogens with two attached hydrogens (primary N) is 1. The first kappa shape index (κ1) is 17.2. The SMILES string of the molecule is CN(C(=O)c1csc(CCN)n1)C1C2CC3CC(C2)CC1C3.Cl. The highest BCUT2D eigenvalue weighted by Crippen LogP contribution is 2.55. The van der Waals surface area contributed by atoms with Crippen molar-refractivity contribution in [3.8, 4) is 0 Å². The van der Waals surface area contributed by atoms with E-state index in [1.54, 1.807) is 11.3 Å². The molecular formula is C17H26ClN3OS. The molecule has 1 heterocycles. The molecule has 2 N–H and O–H groups in total. The van der Waals surface area contributed by atoms with Gasteiger partial charge in [0.15, 0.2) is 0 Å². The summed E-state index contributed by atoms with van der Waals surface area (Å²) in [7, 11) is 2.00. The van der Waals surface area contributed by atoms with Crippen LogP contribution in [0.5, 0.6) is 0 Å². The van der Waals surface area contributed by atoms with Gasteiger partial charge < -0.3 is 10.6 Å². The molecule has 4 aliphatic rings. The molecule has 0 aromatic carbocycles. The molecule has 1 amide bonds. The fraction of sp³-hybridized carbons (Fsp3) is 0.765. The number of nitrogens with zero attached hydrogens (tertiary/aromatic N) is 2. The van der Waals surface area contributed by atoms with Crippen molar-refractivity contribution in [2.24, 2.45) is 29.4 Å². The van der Waals surface area contributed by atoms with Crippen LogP contribution in [0, 0.1) is 23.7 Å². The molecule has 128 valence electrons. The van der Waals surface area contributed by atoms with Gasteiger partial charge in [0, 0.05) is 24.9 Å². The predicted octanol–water partition coefficient (Wildman–Crippen LogP) is 2.96. The minimum Gasteiger partial charge on any atom is -0.337 e. The van der Waals surface area contributed by atoms with Crippen LogP contribution in [-0.4, -0.2) is 35.4 Å². The van der Waals surface area contributed by atoms with Gasteiger partial charge >= 0.3 is 0 Å². The minimum atomic E-state index is 0. The monoisotopic (exact) mass is 355 g/mol. The lowest BCUT2D eigenvalue weighted by Crippen LogP contribution is -2.56. The molecule has 6 heteroatoms. The van der Waals surface area contributed by atoms with Crippen molar-refractivity contribution in [1.82, 2.24) is 9.88 Å². The Morgan fingerprint density at radius 1 is 1.26 bits per heavy atom. The molecule has 0 spiro atoms. The van der Waals surface area contributed by atoms with E-state index in [9.17, 15) is 4.79 Å². The van der Waals surface area contributed by atoms with E-state index >= 15 is 0 Å². The van der Waals surface area contributed by atoms with Crippen LogP contribution in [0.25, 0.3) is 0 Å². The summed E-state index contributed by atoms with van der Waals surface area (Å²) in [4.78, 5) is 19.3. The smallest absolute Gasteiger partial charge is 0.273 e. The lowest BCUT2D eigenvalue weighted by atomic mass is 9.54. The van der Waals surface area contributed by atoms with Crippen LogP contribution in [0.15, 0.2) is 5.38 Å².